The summed E-state index contributed by atoms with van der Waals surface area (Å²) in [5.74, 6) is 2.75. The first-order chi connectivity index (χ1) is 7.90. The van der Waals surface area contributed by atoms with Gasteiger partial charge in [-0.05, 0) is 6.42 Å². The summed E-state index contributed by atoms with van der Waals surface area (Å²) in [6, 6.07) is 0. The van der Waals surface area contributed by atoms with Gasteiger partial charge >= 0.3 is 0 Å². The van der Waals surface area contributed by atoms with Crippen molar-refractivity contribution >= 4 is 5.82 Å². The molecule has 1 N–H and O–H groups in total. The molecule has 82 valence electrons. The Bertz CT molecular complexity index is 518. The molecule has 1 aliphatic heterocycles. The van der Waals surface area contributed by atoms with Gasteiger partial charge in [0, 0.05) is 6.42 Å². The van der Waals surface area contributed by atoms with Gasteiger partial charge in [0.15, 0.2) is 11.6 Å². The Kier molecular flexibility index (Phi) is 2.05. The van der Waals surface area contributed by atoms with E-state index in [2.05, 4.69) is 37.0 Å². The standard InChI is InChI=1S/C10H12N6/c1-2-3-8-14-15-9-5-12-10-7(16(8)9)4-11-6-13-10/h4,6H,2-3,5H2,1H3,(H,11,12,13). The van der Waals surface area contributed by atoms with Gasteiger partial charge in [-0.2, -0.15) is 0 Å². The van der Waals surface area contributed by atoms with E-state index in [1.165, 1.54) is 0 Å². The maximum Gasteiger partial charge on any atom is 0.157 e. The van der Waals surface area contributed by atoms with Gasteiger partial charge in [0.1, 0.15) is 17.8 Å². The first-order valence-corrected chi connectivity index (χ1v) is 5.37. The second-order valence-corrected chi connectivity index (χ2v) is 3.73. The number of aryl methyl sites for hydroxylation is 1. The van der Waals surface area contributed by atoms with Crippen LogP contribution in [0.1, 0.15) is 25.0 Å². The van der Waals surface area contributed by atoms with Crippen LogP contribution in [0.25, 0.3) is 5.69 Å². The van der Waals surface area contributed by atoms with Crippen molar-refractivity contribution in [1.29, 1.82) is 0 Å². The lowest BCUT2D eigenvalue weighted by Crippen LogP contribution is -2.18. The molecule has 16 heavy (non-hydrogen) atoms. The molecule has 0 saturated carbocycles. The molecular weight excluding hydrogens is 204 g/mol. The highest BCUT2D eigenvalue weighted by Gasteiger charge is 2.21. The zero-order valence-electron chi connectivity index (χ0n) is 9.01. The van der Waals surface area contributed by atoms with Crippen molar-refractivity contribution in [2.24, 2.45) is 0 Å². The van der Waals surface area contributed by atoms with Crippen molar-refractivity contribution in [1.82, 2.24) is 24.7 Å². The Morgan fingerprint density at radius 3 is 3.25 bits per heavy atom. The van der Waals surface area contributed by atoms with E-state index in [9.17, 15) is 0 Å². The number of hydrogen-bond donors (Lipinski definition) is 1. The summed E-state index contributed by atoms with van der Waals surface area (Å²) >= 11 is 0. The van der Waals surface area contributed by atoms with E-state index in [1.807, 2.05) is 0 Å². The van der Waals surface area contributed by atoms with E-state index < -0.39 is 0 Å². The second kappa shape index (κ2) is 3.55. The third kappa shape index (κ3) is 1.26. The molecular formula is C10H12N6. The summed E-state index contributed by atoms with van der Waals surface area (Å²) in [6.45, 7) is 2.80. The molecule has 6 nitrogen and oxygen atoms in total. The number of anilines is 1. The number of nitrogens with one attached hydrogen (secondary N) is 1. The number of aromatic nitrogens is 5. The molecule has 0 aromatic carbocycles. The topological polar surface area (TPSA) is 68.5 Å². The zero-order chi connectivity index (χ0) is 11.0. The summed E-state index contributed by atoms with van der Waals surface area (Å²) < 4.78 is 2.05. The summed E-state index contributed by atoms with van der Waals surface area (Å²) in [6.07, 6.45) is 5.30. The van der Waals surface area contributed by atoms with Crippen LogP contribution in [0.5, 0.6) is 0 Å². The average molecular weight is 216 g/mol. The zero-order valence-corrected chi connectivity index (χ0v) is 9.01. The van der Waals surface area contributed by atoms with E-state index in [1.54, 1.807) is 12.5 Å². The minimum atomic E-state index is 0.667. The highest BCUT2D eigenvalue weighted by molar-refractivity contribution is 5.57. The Labute approximate surface area is 92.8 Å². The Morgan fingerprint density at radius 1 is 1.44 bits per heavy atom. The molecule has 6 heteroatoms. The third-order valence-corrected chi connectivity index (χ3v) is 2.62. The van der Waals surface area contributed by atoms with Crippen LogP contribution >= 0.6 is 0 Å². The minimum Gasteiger partial charge on any atom is -0.361 e. The van der Waals surface area contributed by atoms with Crippen LogP contribution in [-0.2, 0) is 13.0 Å². The van der Waals surface area contributed by atoms with Gasteiger partial charge in [0.25, 0.3) is 0 Å². The molecule has 0 amide bonds. The van der Waals surface area contributed by atoms with Crippen LogP contribution in [0.3, 0.4) is 0 Å². The van der Waals surface area contributed by atoms with Gasteiger partial charge in [-0.15, -0.1) is 10.2 Å². The van der Waals surface area contributed by atoms with Crippen molar-refractivity contribution in [2.75, 3.05) is 5.32 Å². The summed E-state index contributed by atoms with van der Waals surface area (Å²) in [5, 5.41) is 11.6. The number of rotatable bonds is 2. The van der Waals surface area contributed by atoms with Crippen LogP contribution in [0.15, 0.2) is 12.5 Å². The van der Waals surface area contributed by atoms with Crippen molar-refractivity contribution in [3.8, 4) is 5.69 Å². The molecule has 2 aromatic rings. The molecule has 1 aliphatic rings. The van der Waals surface area contributed by atoms with Gasteiger partial charge in [-0.25, -0.2) is 9.97 Å². The lowest BCUT2D eigenvalue weighted by molar-refractivity contribution is 0.772. The molecule has 2 aromatic heterocycles. The van der Waals surface area contributed by atoms with Crippen LogP contribution in [-0.4, -0.2) is 24.7 Å². The minimum absolute atomic E-state index is 0.667. The fourth-order valence-electron chi connectivity index (χ4n) is 1.92. The van der Waals surface area contributed by atoms with Crippen LogP contribution in [0.2, 0.25) is 0 Å². The van der Waals surface area contributed by atoms with Crippen LogP contribution in [0, 0.1) is 0 Å². The molecule has 0 unspecified atom stereocenters. The highest BCUT2D eigenvalue weighted by Crippen LogP contribution is 2.24. The number of hydrogen-bond acceptors (Lipinski definition) is 5. The van der Waals surface area contributed by atoms with Crippen molar-refractivity contribution in [3.05, 3.63) is 24.2 Å². The Morgan fingerprint density at radius 2 is 2.38 bits per heavy atom. The van der Waals surface area contributed by atoms with E-state index in [4.69, 9.17) is 0 Å². The second-order valence-electron chi connectivity index (χ2n) is 3.73. The van der Waals surface area contributed by atoms with Crippen molar-refractivity contribution < 1.29 is 0 Å². The van der Waals surface area contributed by atoms with Gasteiger partial charge in [-0.1, -0.05) is 6.92 Å². The molecule has 0 atom stereocenters. The highest BCUT2D eigenvalue weighted by atomic mass is 15.3. The Hall–Kier alpha value is -1.98. The lowest BCUT2D eigenvalue weighted by atomic mass is 10.3. The molecule has 0 aliphatic carbocycles. The molecule has 0 spiro atoms. The van der Waals surface area contributed by atoms with E-state index >= 15 is 0 Å². The quantitative estimate of drug-likeness (QED) is 0.809. The van der Waals surface area contributed by atoms with Crippen LogP contribution in [0.4, 0.5) is 5.82 Å². The first kappa shape index (κ1) is 9.26. The SMILES string of the molecule is CCCc1nnc2n1-c1cncnc1NC2. The predicted molar refractivity (Wildman–Crippen MR) is 58.3 cm³/mol. The maximum atomic E-state index is 4.20. The lowest BCUT2D eigenvalue weighted by Gasteiger charge is -2.18. The van der Waals surface area contributed by atoms with Crippen molar-refractivity contribution in [2.45, 2.75) is 26.3 Å². The summed E-state index contributed by atoms with van der Waals surface area (Å²) in [5.41, 5.74) is 0.942. The van der Waals surface area contributed by atoms with Gasteiger partial charge in [0.05, 0.1) is 12.7 Å². The fraction of sp³-hybridized carbons (Fsp3) is 0.400. The normalized spacial score (nSPS) is 12.8. The molecule has 0 saturated heterocycles. The molecule has 0 bridgehead atoms. The van der Waals surface area contributed by atoms with Gasteiger partial charge in [0.2, 0.25) is 0 Å². The predicted octanol–water partition coefficient (Wildman–Crippen LogP) is 0.935. The van der Waals surface area contributed by atoms with Crippen molar-refractivity contribution in [3.63, 3.8) is 0 Å². The monoisotopic (exact) mass is 216 g/mol. The molecule has 3 heterocycles. The van der Waals surface area contributed by atoms with E-state index in [0.29, 0.717) is 6.54 Å². The Balaban J connectivity index is 2.17. The van der Waals surface area contributed by atoms with Crippen LogP contribution < -0.4 is 5.32 Å². The molecule has 0 fully saturated rings. The average Bonchev–Trinajstić information content (AvgIpc) is 2.73. The molecule has 3 rings (SSSR count). The summed E-state index contributed by atoms with van der Waals surface area (Å²) in [4.78, 5) is 8.25. The fourth-order valence-corrected chi connectivity index (χ4v) is 1.92. The summed E-state index contributed by atoms with van der Waals surface area (Å²) in [7, 11) is 0. The number of fused-ring (bicyclic) bond motifs is 3. The van der Waals surface area contributed by atoms with E-state index in [-0.39, 0.29) is 0 Å². The van der Waals surface area contributed by atoms with Gasteiger partial charge in [-0.3, -0.25) is 4.57 Å². The maximum absolute atomic E-state index is 4.20. The first-order valence-electron chi connectivity index (χ1n) is 5.37. The largest absolute Gasteiger partial charge is 0.361 e. The molecule has 0 radical (unpaired) electrons. The number of nitrogens with zero attached hydrogens (tertiary/aromatic N) is 5. The van der Waals surface area contributed by atoms with E-state index in [0.717, 1.165) is 36.0 Å². The third-order valence-electron chi connectivity index (χ3n) is 2.62. The smallest absolute Gasteiger partial charge is 0.157 e. The van der Waals surface area contributed by atoms with Gasteiger partial charge < -0.3 is 5.32 Å².